The summed E-state index contributed by atoms with van der Waals surface area (Å²) in [4.78, 5) is 21.9. The van der Waals surface area contributed by atoms with Crippen molar-refractivity contribution in [3.8, 4) is 11.5 Å². The van der Waals surface area contributed by atoms with Gasteiger partial charge in [0.2, 0.25) is 0 Å². The van der Waals surface area contributed by atoms with E-state index in [-0.39, 0.29) is 26.2 Å². The molecule has 7 nitrogen and oxygen atoms in total. The molecule has 0 radical (unpaired) electrons. The lowest BCUT2D eigenvalue weighted by Gasteiger charge is -2.15. The summed E-state index contributed by atoms with van der Waals surface area (Å²) < 4.78 is 5.08. The third-order valence-electron chi connectivity index (χ3n) is 2.43. The number of amides is 1. The number of carbonyl (C=O) groups excluding carboxylic acids is 1. The summed E-state index contributed by atoms with van der Waals surface area (Å²) in [6, 6.07) is 2.13. The number of nitro groups is 1. The molecule has 1 amide bonds. The zero-order valence-corrected chi connectivity index (χ0v) is 11.7. The SMILES string of the molecule is COc1cc([N+](=O)[O-])cc(/C=C2\SC(=S)NC2=O)c1[O-]. The van der Waals surface area contributed by atoms with E-state index >= 15 is 0 Å². The third kappa shape index (κ3) is 2.73. The molecule has 1 saturated heterocycles. The van der Waals surface area contributed by atoms with E-state index in [9.17, 15) is 20.0 Å². The van der Waals surface area contributed by atoms with Gasteiger partial charge in [-0.25, -0.2) is 0 Å². The smallest absolute Gasteiger partial charge is 0.273 e. The van der Waals surface area contributed by atoms with Gasteiger partial charge in [-0.15, -0.1) is 0 Å². The van der Waals surface area contributed by atoms with Crippen LogP contribution in [0.5, 0.6) is 11.5 Å². The average Bonchev–Trinajstić information content (AvgIpc) is 2.70. The second-order valence-electron chi connectivity index (χ2n) is 3.68. The van der Waals surface area contributed by atoms with Crippen LogP contribution in [-0.2, 0) is 4.79 Å². The van der Waals surface area contributed by atoms with Gasteiger partial charge in [-0.2, -0.15) is 0 Å². The lowest BCUT2D eigenvalue weighted by atomic mass is 10.1. The highest BCUT2D eigenvalue weighted by Crippen LogP contribution is 2.35. The number of hydrogen-bond donors (Lipinski definition) is 1. The molecule has 1 heterocycles. The molecule has 0 spiro atoms. The van der Waals surface area contributed by atoms with Crippen molar-refractivity contribution >= 4 is 46.0 Å². The topological polar surface area (TPSA) is 105 Å². The van der Waals surface area contributed by atoms with E-state index in [1.807, 2.05) is 0 Å². The van der Waals surface area contributed by atoms with Crippen LogP contribution in [0.25, 0.3) is 6.08 Å². The lowest BCUT2D eigenvalue weighted by molar-refractivity contribution is -0.385. The summed E-state index contributed by atoms with van der Waals surface area (Å²) in [5, 5.41) is 25.2. The predicted molar refractivity (Wildman–Crippen MR) is 75.4 cm³/mol. The molecule has 9 heteroatoms. The van der Waals surface area contributed by atoms with Gasteiger partial charge in [0.1, 0.15) is 10.1 Å². The van der Waals surface area contributed by atoms with Crippen LogP contribution in [0, 0.1) is 10.1 Å². The third-order valence-corrected chi connectivity index (χ3v) is 3.59. The number of non-ortho nitro benzene ring substituents is 1. The zero-order valence-electron chi connectivity index (χ0n) is 10.0. The van der Waals surface area contributed by atoms with E-state index in [2.05, 4.69) is 5.32 Å². The fourth-order valence-electron chi connectivity index (χ4n) is 1.54. The van der Waals surface area contributed by atoms with Crippen molar-refractivity contribution in [1.82, 2.24) is 5.32 Å². The van der Waals surface area contributed by atoms with Crippen molar-refractivity contribution in [2.24, 2.45) is 0 Å². The summed E-state index contributed by atoms with van der Waals surface area (Å²) in [5.74, 6) is -1.13. The average molecular weight is 311 g/mol. The number of benzene rings is 1. The number of rotatable bonds is 3. The molecule has 20 heavy (non-hydrogen) atoms. The zero-order chi connectivity index (χ0) is 14.9. The molecule has 1 N–H and O–H groups in total. The van der Waals surface area contributed by atoms with Gasteiger partial charge in [-0.3, -0.25) is 14.9 Å². The standard InChI is InChI=1S/C11H8N2O5S2/c1-18-7-4-6(13(16)17)2-5(9(7)14)3-8-10(15)12-11(19)20-8/h2-4,14H,1H3,(H,12,15,19)/p-1/b8-3-. The first-order valence-electron chi connectivity index (χ1n) is 5.20. The fraction of sp³-hybridized carbons (Fsp3) is 0.0909. The van der Waals surface area contributed by atoms with Gasteiger partial charge in [0.15, 0.2) is 0 Å². The van der Waals surface area contributed by atoms with Crippen molar-refractivity contribution in [1.29, 1.82) is 0 Å². The second-order valence-corrected chi connectivity index (χ2v) is 5.39. The quantitative estimate of drug-likeness (QED) is 0.386. The van der Waals surface area contributed by atoms with Crippen LogP contribution < -0.4 is 15.2 Å². The first kappa shape index (κ1) is 14.3. The van der Waals surface area contributed by atoms with Crippen molar-refractivity contribution in [2.45, 2.75) is 0 Å². The Balaban J connectivity index is 2.53. The Morgan fingerprint density at radius 3 is 2.70 bits per heavy atom. The Bertz CT molecular complexity index is 656. The number of methoxy groups -OCH3 is 1. The molecular weight excluding hydrogens is 304 g/mol. The molecule has 1 aromatic rings. The highest BCUT2D eigenvalue weighted by atomic mass is 32.2. The van der Waals surface area contributed by atoms with Crippen LogP contribution in [0.4, 0.5) is 5.69 Å². The van der Waals surface area contributed by atoms with Crippen molar-refractivity contribution in [2.75, 3.05) is 7.11 Å². The first-order valence-corrected chi connectivity index (χ1v) is 6.43. The molecule has 0 aromatic heterocycles. The normalized spacial score (nSPS) is 16.4. The van der Waals surface area contributed by atoms with Crippen molar-refractivity contribution < 1.29 is 19.6 Å². The van der Waals surface area contributed by atoms with E-state index in [1.54, 1.807) is 0 Å². The number of thiocarbonyl (C=S) groups is 1. The molecule has 0 aliphatic carbocycles. The molecule has 2 rings (SSSR count). The Kier molecular flexibility index (Phi) is 3.91. The number of hydrogen-bond acceptors (Lipinski definition) is 7. The Morgan fingerprint density at radius 2 is 2.20 bits per heavy atom. The van der Waals surface area contributed by atoms with E-state index in [4.69, 9.17) is 17.0 Å². The second kappa shape index (κ2) is 5.47. The number of nitrogens with one attached hydrogen (secondary N) is 1. The minimum absolute atomic E-state index is 0.00148. The summed E-state index contributed by atoms with van der Waals surface area (Å²) >= 11 is 5.80. The number of nitro benzene ring substituents is 1. The Hall–Kier alpha value is -2.13. The van der Waals surface area contributed by atoms with Gasteiger partial charge in [-0.1, -0.05) is 29.7 Å². The van der Waals surface area contributed by atoms with E-state index in [0.717, 1.165) is 23.9 Å². The van der Waals surface area contributed by atoms with Crippen LogP contribution in [0.3, 0.4) is 0 Å². The minimum Gasteiger partial charge on any atom is -0.870 e. The van der Waals surface area contributed by atoms with Gasteiger partial charge in [-0.05, 0) is 11.6 Å². The van der Waals surface area contributed by atoms with Gasteiger partial charge < -0.3 is 15.2 Å². The predicted octanol–water partition coefficient (Wildman–Crippen LogP) is 1.17. The summed E-state index contributed by atoms with van der Waals surface area (Å²) in [6.45, 7) is 0. The van der Waals surface area contributed by atoms with E-state index in [1.165, 1.54) is 13.2 Å². The minimum atomic E-state index is -0.642. The van der Waals surface area contributed by atoms with Gasteiger partial charge in [0, 0.05) is 6.07 Å². The highest BCUT2D eigenvalue weighted by Gasteiger charge is 2.22. The molecule has 104 valence electrons. The van der Waals surface area contributed by atoms with Crippen LogP contribution in [-0.4, -0.2) is 22.3 Å². The van der Waals surface area contributed by atoms with E-state index < -0.39 is 16.6 Å². The molecule has 1 aromatic carbocycles. The summed E-state index contributed by atoms with van der Waals surface area (Å²) in [7, 11) is 1.24. The van der Waals surface area contributed by atoms with Crippen molar-refractivity contribution in [3.05, 3.63) is 32.7 Å². The fourth-order valence-corrected chi connectivity index (χ4v) is 2.57. The first-order chi connectivity index (χ1) is 9.42. The molecule has 1 aliphatic rings. The maximum absolute atomic E-state index is 12.0. The molecule has 0 bridgehead atoms. The van der Waals surface area contributed by atoms with Crippen LogP contribution in [0.1, 0.15) is 5.56 Å². The maximum atomic E-state index is 12.0. The highest BCUT2D eigenvalue weighted by molar-refractivity contribution is 8.26. The van der Waals surface area contributed by atoms with E-state index in [0.29, 0.717) is 0 Å². The largest absolute Gasteiger partial charge is 0.870 e. The summed E-state index contributed by atoms with van der Waals surface area (Å²) in [5.41, 5.74) is -0.294. The summed E-state index contributed by atoms with van der Waals surface area (Å²) in [6.07, 6.45) is 1.26. The molecule has 0 unspecified atom stereocenters. The molecule has 0 saturated carbocycles. The number of thioether (sulfide) groups is 1. The maximum Gasteiger partial charge on any atom is 0.273 e. The van der Waals surface area contributed by atoms with Gasteiger partial charge >= 0.3 is 0 Å². The lowest BCUT2D eigenvalue weighted by Crippen LogP contribution is -2.17. The number of ether oxygens (including phenoxy) is 1. The van der Waals surface area contributed by atoms with Gasteiger partial charge in [0.05, 0.1) is 23.0 Å². The Labute approximate surface area is 122 Å². The molecular formula is C11H7N2O5S2-. The van der Waals surface area contributed by atoms with Gasteiger partial charge in [0.25, 0.3) is 11.6 Å². The number of nitrogens with zero attached hydrogens (tertiary/aromatic N) is 1. The Morgan fingerprint density at radius 1 is 1.50 bits per heavy atom. The van der Waals surface area contributed by atoms with Crippen LogP contribution in [0.15, 0.2) is 17.0 Å². The van der Waals surface area contributed by atoms with Crippen molar-refractivity contribution in [3.63, 3.8) is 0 Å². The molecule has 1 fully saturated rings. The van der Waals surface area contributed by atoms with Crippen LogP contribution >= 0.6 is 24.0 Å². The monoisotopic (exact) mass is 311 g/mol. The molecule has 1 aliphatic heterocycles. The molecule has 0 atom stereocenters. The number of carbonyl (C=O) groups is 1. The van der Waals surface area contributed by atoms with Crippen LogP contribution in [0.2, 0.25) is 0 Å².